The molecule has 5 heteroatoms. The third kappa shape index (κ3) is 6.67. The lowest BCUT2D eigenvalue weighted by molar-refractivity contribution is 0.251. The Morgan fingerprint density at radius 1 is 1.16 bits per heavy atom. The summed E-state index contributed by atoms with van der Waals surface area (Å²) in [4.78, 5) is 11.6. The van der Waals surface area contributed by atoms with Gasteiger partial charge in [-0.25, -0.2) is 4.79 Å². The second-order valence-electron chi connectivity index (χ2n) is 4.25. The van der Waals surface area contributed by atoms with Gasteiger partial charge in [-0.2, -0.15) is 0 Å². The molecule has 0 aliphatic heterocycles. The van der Waals surface area contributed by atoms with E-state index in [2.05, 4.69) is 10.6 Å². The van der Waals surface area contributed by atoms with Crippen molar-refractivity contribution in [1.82, 2.24) is 5.32 Å². The zero-order valence-corrected chi connectivity index (χ0v) is 11.3. The van der Waals surface area contributed by atoms with Crippen LogP contribution in [0.1, 0.15) is 25.7 Å². The number of carbonyl (C=O) groups excluding carboxylic acids is 1. The van der Waals surface area contributed by atoms with E-state index in [0.717, 1.165) is 37.1 Å². The number of amides is 2. The summed E-state index contributed by atoms with van der Waals surface area (Å²) in [7, 11) is 1.60. The molecule has 0 spiro atoms. The van der Waals surface area contributed by atoms with Crippen molar-refractivity contribution in [2.75, 3.05) is 25.6 Å². The highest BCUT2D eigenvalue weighted by Crippen LogP contribution is 2.14. The van der Waals surface area contributed by atoms with Crippen molar-refractivity contribution in [2.24, 2.45) is 0 Å². The smallest absolute Gasteiger partial charge is 0.319 e. The van der Waals surface area contributed by atoms with E-state index >= 15 is 0 Å². The molecule has 1 aromatic carbocycles. The summed E-state index contributed by atoms with van der Waals surface area (Å²) < 4.78 is 5.04. The number of aliphatic hydroxyl groups excluding tert-OH is 1. The van der Waals surface area contributed by atoms with Gasteiger partial charge in [-0.15, -0.1) is 0 Å². The van der Waals surface area contributed by atoms with E-state index in [9.17, 15) is 4.79 Å². The SMILES string of the molecule is COc1ccc(NC(=O)NCCCCCCO)cc1. The van der Waals surface area contributed by atoms with Gasteiger partial charge in [0.25, 0.3) is 0 Å². The van der Waals surface area contributed by atoms with Gasteiger partial charge in [0.15, 0.2) is 0 Å². The lowest BCUT2D eigenvalue weighted by atomic mass is 10.2. The second-order valence-corrected chi connectivity index (χ2v) is 4.25. The molecule has 0 saturated carbocycles. The van der Waals surface area contributed by atoms with Crippen LogP contribution in [0.5, 0.6) is 5.75 Å². The van der Waals surface area contributed by atoms with Crippen LogP contribution in [0, 0.1) is 0 Å². The van der Waals surface area contributed by atoms with Gasteiger partial charge in [0, 0.05) is 18.8 Å². The van der Waals surface area contributed by atoms with Crippen LogP contribution < -0.4 is 15.4 Å². The van der Waals surface area contributed by atoms with Gasteiger partial charge in [-0.05, 0) is 37.1 Å². The van der Waals surface area contributed by atoms with Crippen LogP contribution in [0.2, 0.25) is 0 Å². The molecule has 0 heterocycles. The number of hydrogen-bond donors (Lipinski definition) is 3. The second kappa shape index (κ2) is 9.22. The van der Waals surface area contributed by atoms with Crippen molar-refractivity contribution < 1.29 is 14.6 Å². The van der Waals surface area contributed by atoms with Crippen LogP contribution in [0.4, 0.5) is 10.5 Å². The van der Waals surface area contributed by atoms with Crippen molar-refractivity contribution >= 4 is 11.7 Å². The summed E-state index contributed by atoms with van der Waals surface area (Å²) in [5.74, 6) is 0.759. The van der Waals surface area contributed by atoms with E-state index in [0.29, 0.717) is 6.54 Å². The zero-order valence-electron chi connectivity index (χ0n) is 11.3. The van der Waals surface area contributed by atoms with E-state index in [1.807, 2.05) is 0 Å². The third-order valence-electron chi connectivity index (χ3n) is 2.72. The molecule has 0 aromatic heterocycles. The monoisotopic (exact) mass is 266 g/mol. The molecule has 19 heavy (non-hydrogen) atoms. The van der Waals surface area contributed by atoms with E-state index in [-0.39, 0.29) is 12.6 Å². The largest absolute Gasteiger partial charge is 0.497 e. The summed E-state index contributed by atoms with van der Waals surface area (Å²) in [5, 5.41) is 14.2. The molecular weight excluding hydrogens is 244 g/mol. The van der Waals surface area contributed by atoms with Crippen LogP contribution >= 0.6 is 0 Å². The molecule has 0 radical (unpaired) electrons. The number of benzene rings is 1. The van der Waals surface area contributed by atoms with Crippen molar-refractivity contribution in [3.8, 4) is 5.75 Å². The molecule has 0 bridgehead atoms. The summed E-state index contributed by atoms with van der Waals surface area (Å²) in [6, 6.07) is 6.97. The number of unbranched alkanes of at least 4 members (excludes halogenated alkanes) is 3. The number of aliphatic hydroxyl groups is 1. The highest BCUT2D eigenvalue weighted by atomic mass is 16.5. The van der Waals surface area contributed by atoms with Crippen molar-refractivity contribution in [1.29, 1.82) is 0 Å². The van der Waals surface area contributed by atoms with Gasteiger partial charge in [-0.1, -0.05) is 12.8 Å². The molecule has 0 aliphatic rings. The fraction of sp³-hybridized carbons (Fsp3) is 0.500. The number of carbonyl (C=O) groups is 1. The molecular formula is C14H22N2O3. The van der Waals surface area contributed by atoms with Crippen LogP contribution in [0.15, 0.2) is 24.3 Å². The molecule has 106 valence electrons. The number of hydrogen-bond acceptors (Lipinski definition) is 3. The Labute approximate surface area is 114 Å². The lowest BCUT2D eigenvalue weighted by Gasteiger charge is -2.08. The first-order valence-corrected chi connectivity index (χ1v) is 6.56. The molecule has 0 atom stereocenters. The lowest BCUT2D eigenvalue weighted by Crippen LogP contribution is -2.29. The minimum absolute atomic E-state index is 0.202. The Balaban J connectivity index is 2.16. The van der Waals surface area contributed by atoms with Crippen molar-refractivity contribution in [3.63, 3.8) is 0 Å². The summed E-state index contributed by atoms with van der Waals surface area (Å²) in [6.45, 7) is 0.888. The van der Waals surface area contributed by atoms with Gasteiger partial charge in [0.05, 0.1) is 7.11 Å². The average Bonchev–Trinajstić information content (AvgIpc) is 2.43. The van der Waals surface area contributed by atoms with E-state index in [1.165, 1.54) is 0 Å². The predicted molar refractivity (Wildman–Crippen MR) is 75.6 cm³/mol. The Bertz CT molecular complexity index is 365. The van der Waals surface area contributed by atoms with Gasteiger partial charge in [-0.3, -0.25) is 0 Å². The predicted octanol–water partition coefficient (Wildman–Crippen LogP) is 2.37. The first-order valence-electron chi connectivity index (χ1n) is 6.56. The summed E-state index contributed by atoms with van der Waals surface area (Å²) in [6.07, 6.45) is 3.77. The molecule has 0 saturated heterocycles. The summed E-state index contributed by atoms with van der Waals surface area (Å²) >= 11 is 0. The van der Waals surface area contributed by atoms with Crippen molar-refractivity contribution in [2.45, 2.75) is 25.7 Å². The Morgan fingerprint density at radius 2 is 1.84 bits per heavy atom. The molecule has 0 fully saturated rings. The maximum atomic E-state index is 11.6. The Kier molecular flexibility index (Phi) is 7.43. The number of nitrogens with one attached hydrogen (secondary N) is 2. The average molecular weight is 266 g/mol. The highest BCUT2D eigenvalue weighted by molar-refractivity contribution is 5.89. The maximum absolute atomic E-state index is 11.6. The number of rotatable bonds is 8. The molecule has 3 N–H and O–H groups in total. The van der Waals surface area contributed by atoms with E-state index in [1.54, 1.807) is 31.4 Å². The molecule has 0 aliphatic carbocycles. The number of urea groups is 1. The molecule has 5 nitrogen and oxygen atoms in total. The number of methoxy groups -OCH3 is 1. The van der Waals surface area contributed by atoms with Gasteiger partial charge in [0.1, 0.15) is 5.75 Å². The van der Waals surface area contributed by atoms with Gasteiger partial charge >= 0.3 is 6.03 Å². The third-order valence-corrected chi connectivity index (χ3v) is 2.72. The van der Waals surface area contributed by atoms with E-state index in [4.69, 9.17) is 9.84 Å². The van der Waals surface area contributed by atoms with Gasteiger partial charge in [0.2, 0.25) is 0 Å². The maximum Gasteiger partial charge on any atom is 0.319 e. The fourth-order valence-corrected chi connectivity index (χ4v) is 1.64. The first-order chi connectivity index (χ1) is 9.26. The summed E-state index contributed by atoms with van der Waals surface area (Å²) in [5.41, 5.74) is 0.735. The van der Waals surface area contributed by atoms with Crippen molar-refractivity contribution in [3.05, 3.63) is 24.3 Å². The van der Waals surface area contributed by atoms with E-state index < -0.39 is 0 Å². The molecule has 1 aromatic rings. The molecule has 2 amide bonds. The van der Waals surface area contributed by atoms with Crippen LogP contribution in [-0.4, -0.2) is 31.4 Å². The number of ether oxygens (including phenoxy) is 1. The standard InChI is InChI=1S/C14H22N2O3/c1-19-13-8-6-12(7-9-13)16-14(18)15-10-4-2-3-5-11-17/h6-9,17H,2-5,10-11H2,1H3,(H2,15,16,18). The van der Waals surface area contributed by atoms with Crippen LogP contribution in [0.3, 0.4) is 0 Å². The minimum atomic E-state index is -0.202. The number of anilines is 1. The zero-order chi connectivity index (χ0) is 13.9. The minimum Gasteiger partial charge on any atom is -0.497 e. The Morgan fingerprint density at radius 3 is 2.47 bits per heavy atom. The molecule has 0 unspecified atom stereocenters. The van der Waals surface area contributed by atoms with Gasteiger partial charge < -0.3 is 20.5 Å². The first kappa shape index (κ1) is 15.3. The highest BCUT2D eigenvalue weighted by Gasteiger charge is 2.00. The quantitative estimate of drug-likeness (QED) is 0.633. The topological polar surface area (TPSA) is 70.6 Å². The normalized spacial score (nSPS) is 10.0. The van der Waals surface area contributed by atoms with Crippen LogP contribution in [-0.2, 0) is 0 Å². The Hall–Kier alpha value is -1.75. The molecule has 1 rings (SSSR count). The van der Waals surface area contributed by atoms with Crippen LogP contribution in [0.25, 0.3) is 0 Å². The fourth-order valence-electron chi connectivity index (χ4n) is 1.64.